The summed E-state index contributed by atoms with van der Waals surface area (Å²) in [6.45, 7) is 1.81. The molecule has 5 heteroatoms. The number of carbonyl (C=O) groups excluding carboxylic acids is 1. The van der Waals surface area contributed by atoms with Crippen LogP contribution in [-0.4, -0.2) is 15.9 Å². The highest BCUT2D eigenvalue weighted by molar-refractivity contribution is 6.04. The summed E-state index contributed by atoms with van der Waals surface area (Å²) in [5.41, 5.74) is 1.56. The second-order valence-corrected chi connectivity index (χ2v) is 3.53. The predicted octanol–water partition coefficient (Wildman–Crippen LogP) is 1.33. The minimum absolute atomic E-state index is 0.237. The standard InChI is InChI=1S/C12H11N3O2/c1-8-10(3-2-6-13-8)15-12(17)9-4-5-11(16)14-7-9/h2-7H,1H3,(H,14,16)(H,15,17). The van der Waals surface area contributed by atoms with Crippen molar-refractivity contribution in [1.82, 2.24) is 9.97 Å². The van der Waals surface area contributed by atoms with Crippen LogP contribution < -0.4 is 10.9 Å². The van der Waals surface area contributed by atoms with Gasteiger partial charge < -0.3 is 10.3 Å². The lowest BCUT2D eigenvalue weighted by Crippen LogP contribution is -2.15. The third-order valence-corrected chi connectivity index (χ3v) is 2.30. The molecule has 0 unspecified atom stereocenters. The minimum Gasteiger partial charge on any atom is -0.328 e. The second-order valence-electron chi connectivity index (χ2n) is 3.53. The number of H-pyrrole nitrogens is 1. The predicted molar refractivity (Wildman–Crippen MR) is 64.0 cm³/mol. The van der Waals surface area contributed by atoms with E-state index in [1.54, 1.807) is 18.3 Å². The molecule has 2 rings (SSSR count). The fraction of sp³-hybridized carbons (Fsp3) is 0.0833. The molecule has 5 nitrogen and oxygen atoms in total. The molecular weight excluding hydrogens is 218 g/mol. The molecule has 0 aromatic carbocycles. The van der Waals surface area contributed by atoms with E-state index in [0.717, 1.165) is 5.69 Å². The highest BCUT2D eigenvalue weighted by Crippen LogP contribution is 2.11. The van der Waals surface area contributed by atoms with Crippen molar-refractivity contribution < 1.29 is 4.79 Å². The van der Waals surface area contributed by atoms with Crippen LogP contribution in [0.1, 0.15) is 16.1 Å². The van der Waals surface area contributed by atoms with Gasteiger partial charge in [-0.05, 0) is 25.1 Å². The lowest BCUT2D eigenvalue weighted by molar-refractivity contribution is 0.102. The van der Waals surface area contributed by atoms with E-state index >= 15 is 0 Å². The number of aromatic amines is 1. The summed E-state index contributed by atoms with van der Waals surface area (Å²) in [4.78, 5) is 29.2. The van der Waals surface area contributed by atoms with Gasteiger partial charge in [-0.1, -0.05) is 0 Å². The van der Waals surface area contributed by atoms with Crippen molar-refractivity contribution in [3.05, 3.63) is 58.3 Å². The lowest BCUT2D eigenvalue weighted by atomic mass is 10.2. The molecule has 0 fully saturated rings. The fourth-order valence-electron chi connectivity index (χ4n) is 1.36. The summed E-state index contributed by atoms with van der Waals surface area (Å²) >= 11 is 0. The van der Waals surface area contributed by atoms with Crippen LogP contribution in [0, 0.1) is 6.92 Å². The molecule has 2 aromatic rings. The number of nitrogens with zero attached hydrogens (tertiary/aromatic N) is 1. The SMILES string of the molecule is Cc1ncccc1NC(=O)c1ccc(=O)[nH]c1. The summed E-state index contributed by atoms with van der Waals surface area (Å²) in [7, 11) is 0. The van der Waals surface area contributed by atoms with Gasteiger partial charge in [0.25, 0.3) is 5.91 Å². The Labute approximate surface area is 97.5 Å². The first-order valence-corrected chi connectivity index (χ1v) is 5.08. The Morgan fingerprint density at radius 1 is 1.35 bits per heavy atom. The van der Waals surface area contributed by atoms with E-state index in [9.17, 15) is 9.59 Å². The van der Waals surface area contributed by atoms with Crippen LogP contribution in [0.15, 0.2) is 41.5 Å². The fourth-order valence-corrected chi connectivity index (χ4v) is 1.36. The van der Waals surface area contributed by atoms with Gasteiger partial charge in [-0.25, -0.2) is 0 Å². The summed E-state index contributed by atoms with van der Waals surface area (Å²) in [5, 5.41) is 2.72. The van der Waals surface area contributed by atoms with E-state index in [1.807, 2.05) is 6.92 Å². The highest BCUT2D eigenvalue weighted by Gasteiger charge is 2.07. The number of rotatable bonds is 2. The average molecular weight is 229 g/mol. The number of aromatic nitrogens is 2. The number of aryl methyl sites for hydroxylation is 1. The summed E-state index contributed by atoms with van der Waals surface area (Å²) < 4.78 is 0. The second kappa shape index (κ2) is 4.61. The van der Waals surface area contributed by atoms with Crippen molar-refractivity contribution in [3.8, 4) is 0 Å². The zero-order chi connectivity index (χ0) is 12.3. The number of hydrogen-bond donors (Lipinski definition) is 2. The highest BCUT2D eigenvalue weighted by atomic mass is 16.1. The van der Waals surface area contributed by atoms with Gasteiger partial charge in [-0.15, -0.1) is 0 Å². The Hall–Kier alpha value is -2.43. The first-order valence-electron chi connectivity index (χ1n) is 5.08. The quantitative estimate of drug-likeness (QED) is 0.815. The van der Waals surface area contributed by atoms with Crippen LogP contribution in [0.4, 0.5) is 5.69 Å². The van der Waals surface area contributed by atoms with Crippen LogP contribution in [0.2, 0.25) is 0 Å². The monoisotopic (exact) mass is 229 g/mol. The number of anilines is 1. The topological polar surface area (TPSA) is 74.8 Å². The van der Waals surface area contributed by atoms with Crippen LogP contribution in [0.5, 0.6) is 0 Å². The number of nitrogens with one attached hydrogen (secondary N) is 2. The Morgan fingerprint density at radius 3 is 2.82 bits per heavy atom. The molecule has 0 atom stereocenters. The first kappa shape index (κ1) is 11.1. The van der Waals surface area contributed by atoms with Gasteiger partial charge >= 0.3 is 0 Å². The van der Waals surface area contributed by atoms with E-state index < -0.39 is 0 Å². The molecule has 0 saturated carbocycles. The molecule has 0 aliphatic heterocycles. The molecule has 1 amide bonds. The molecule has 2 aromatic heterocycles. The van der Waals surface area contributed by atoms with Crippen molar-refractivity contribution in [2.24, 2.45) is 0 Å². The third-order valence-electron chi connectivity index (χ3n) is 2.30. The number of amides is 1. The molecule has 86 valence electrons. The van der Waals surface area contributed by atoms with E-state index in [2.05, 4.69) is 15.3 Å². The molecule has 0 spiro atoms. The molecule has 0 saturated heterocycles. The molecule has 0 bridgehead atoms. The van der Waals surface area contributed by atoms with E-state index in [1.165, 1.54) is 18.3 Å². The van der Waals surface area contributed by atoms with Gasteiger partial charge in [-0.2, -0.15) is 0 Å². The molecule has 0 radical (unpaired) electrons. The van der Waals surface area contributed by atoms with Crippen LogP contribution >= 0.6 is 0 Å². The normalized spacial score (nSPS) is 9.94. The van der Waals surface area contributed by atoms with E-state index in [4.69, 9.17) is 0 Å². The van der Waals surface area contributed by atoms with E-state index in [-0.39, 0.29) is 11.5 Å². The van der Waals surface area contributed by atoms with Crippen LogP contribution in [-0.2, 0) is 0 Å². The number of pyridine rings is 2. The largest absolute Gasteiger partial charge is 0.328 e. The maximum absolute atomic E-state index is 11.8. The molecule has 2 N–H and O–H groups in total. The maximum Gasteiger partial charge on any atom is 0.257 e. The molecule has 0 aliphatic rings. The third kappa shape index (κ3) is 2.57. The Balaban J connectivity index is 2.20. The van der Waals surface area contributed by atoms with Gasteiger partial charge in [-0.3, -0.25) is 14.6 Å². The van der Waals surface area contributed by atoms with Crippen molar-refractivity contribution in [2.75, 3.05) is 5.32 Å². The molecule has 17 heavy (non-hydrogen) atoms. The summed E-state index contributed by atoms with van der Waals surface area (Å²) in [6.07, 6.45) is 3.04. The van der Waals surface area contributed by atoms with Crippen LogP contribution in [0.3, 0.4) is 0 Å². The average Bonchev–Trinajstić information content (AvgIpc) is 2.33. The lowest BCUT2D eigenvalue weighted by Gasteiger charge is -2.06. The van der Waals surface area contributed by atoms with Gasteiger partial charge in [0.05, 0.1) is 16.9 Å². The minimum atomic E-state index is -0.280. The zero-order valence-corrected chi connectivity index (χ0v) is 9.23. The van der Waals surface area contributed by atoms with Gasteiger partial charge in [0.2, 0.25) is 5.56 Å². The molecule has 2 heterocycles. The smallest absolute Gasteiger partial charge is 0.257 e. The van der Waals surface area contributed by atoms with Crippen molar-refractivity contribution in [1.29, 1.82) is 0 Å². The van der Waals surface area contributed by atoms with Crippen molar-refractivity contribution >= 4 is 11.6 Å². The first-order chi connectivity index (χ1) is 8.16. The zero-order valence-electron chi connectivity index (χ0n) is 9.23. The van der Waals surface area contributed by atoms with Crippen LogP contribution in [0.25, 0.3) is 0 Å². The van der Waals surface area contributed by atoms with Crippen molar-refractivity contribution in [3.63, 3.8) is 0 Å². The number of hydrogen-bond acceptors (Lipinski definition) is 3. The number of carbonyl (C=O) groups is 1. The van der Waals surface area contributed by atoms with Gasteiger partial charge in [0.1, 0.15) is 0 Å². The Kier molecular flexibility index (Phi) is 3.00. The summed E-state index contributed by atoms with van der Waals surface area (Å²) in [6, 6.07) is 6.30. The Bertz CT molecular complexity index is 584. The van der Waals surface area contributed by atoms with E-state index in [0.29, 0.717) is 11.3 Å². The maximum atomic E-state index is 11.8. The summed E-state index contributed by atoms with van der Waals surface area (Å²) in [5.74, 6) is -0.280. The van der Waals surface area contributed by atoms with Gasteiger partial charge in [0, 0.05) is 18.5 Å². The molecule has 0 aliphatic carbocycles. The van der Waals surface area contributed by atoms with Gasteiger partial charge in [0.15, 0.2) is 0 Å². The molecular formula is C12H11N3O2. The Morgan fingerprint density at radius 2 is 2.18 bits per heavy atom. The van der Waals surface area contributed by atoms with Crippen molar-refractivity contribution in [2.45, 2.75) is 6.92 Å².